The summed E-state index contributed by atoms with van der Waals surface area (Å²) in [6.07, 6.45) is -3.80. The second-order valence-electron chi connectivity index (χ2n) is 10.9. The van der Waals surface area contributed by atoms with Crippen LogP contribution in [-0.4, -0.2) is 70.9 Å². The maximum absolute atomic E-state index is 11.9. The van der Waals surface area contributed by atoms with Gasteiger partial charge in [-0.15, -0.1) is 0 Å². The Bertz CT molecular complexity index is 1860. The fraction of sp³-hybridized carbons (Fsp3) is 0.375. The number of ether oxygens (including phenoxy) is 3. The first kappa shape index (κ1) is 54.3. The zero-order valence-electron chi connectivity index (χ0n) is 30.7. The molecule has 3 N–H and O–H groups in total. The van der Waals surface area contributed by atoms with Crippen LogP contribution in [-0.2, 0) is 6.61 Å². The number of aliphatic hydroxyl groups is 1. The molecule has 0 aliphatic carbocycles. The molecule has 0 atom stereocenters. The van der Waals surface area contributed by atoms with E-state index in [-0.39, 0.29) is 29.5 Å². The fourth-order valence-corrected chi connectivity index (χ4v) is 3.73. The van der Waals surface area contributed by atoms with E-state index in [2.05, 4.69) is 56.4 Å². The molecule has 0 unspecified atom stereocenters. The Morgan fingerprint density at radius 3 is 1.52 bits per heavy atom. The van der Waals surface area contributed by atoms with Gasteiger partial charge in [0, 0.05) is 38.1 Å². The van der Waals surface area contributed by atoms with E-state index in [1.54, 1.807) is 27.7 Å². The number of pyridine rings is 4. The Balaban J connectivity index is 0.000000733. The third-order valence-corrected chi connectivity index (χ3v) is 6.28. The Kier molecular flexibility index (Phi) is 24.7. The summed E-state index contributed by atoms with van der Waals surface area (Å²) in [6.45, 7) is 2.00. The van der Waals surface area contributed by atoms with Gasteiger partial charge in [-0.3, -0.25) is 30.4 Å². The predicted molar refractivity (Wildman–Crippen MR) is 195 cm³/mol. The van der Waals surface area contributed by atoms with E-state index >= 15 is 0 Å². The molecule has 0 aliphatic rings. The van der Waals surface area contributed by atoms with Gasteiger partial charge < -0.3 is 19.3 Å². The predicted octanol–water partition coefficient (Wildman–Crippen LogP) is 3.77. The molecule has 4 aromatic heterocycles. The molecule has 4 heterocycles. The van der Waals surface area contributed by atoms with Crippen LogP contribution >= 0.6 is 37.2 Å². The molecule has 0 aromatic carbocycles. The van der Waals surface area contributed by atoms with Gasteiger partial charge in [-0.2, -0.15) is 39.5 Å². The number of nitrogens with zero attached hydrogens (tertiary/aromatic N) is 5. The monoisotopic (exact) mass is 1190 g/mol. The van der Waals surface area contributed by atoms with Crippen molar-refractivity contribution in [1.82, 2.24) is 4.98 Å². The normalized spacial score (nSPS) is 10.8. The number of alkyl halides is 9. The van der Waals surface area contributed by atoms with Crippen LogP contribution in [0.25, 0.3) is 0 Å². The number of rotatable bonds is 9. The van der Waals surface area contributed by atoms with Gasteiger partial charge in [-0.1, -0.05) is 0 Å². The summed E-state index contributed by atoms with van der Waals surface area (Å²) in [7, 11) is 1.45. The van der Waals surface area contributed by atoms with Gasteiger partial charge in [-0.05, 0) is 33.8 Å². The SMILES string of the molecule is CO[n+]1ccc(OCC(F)(F)F)c(C)c1.Cc1c(OCC(F)(F)F)ccnc1CO.Cc1c[n+](O)ccc1OCC(F)(F)F.Cc1c[n+](O)ccc1[N+](=O)[O-].I[I-]I. The second-order valence-corrected chi connectivity index (χ2v) is 27.1. The number of hydrogen-bond donors (Lipinski definition) is 3. The molecule has 58 heavy (non-hydrogen) atoms. The van der Waals surface area contributed by atoms with Crippen LogP contribution in [0.1, 0.15) is 27.9 Å². The van der Waals surface area contributed by atoms with Gasteiger partial charge in [0.15, 0.2) is 19.8 Å². The quantitative estimate of drug-likeness (QED) is 0.0562. The molecular formula is C32H37F9I3N5O9+2. The first-order valence-electron chi connectivity index (χ1n) is 15.4. The van der Waals surface area contributed by atoms with E-state index in [9.17, 15) is 49.6 Å². The van der Waals surface area contributed by atoms with E-state index in [0.717, 1.165) is 9.46 Å². The van der Waals surface area contributed by atoms with Gasteiger partial charge in [-0.25, -0.2) is 0 Å². The van der Waals surface area contributed by atoms with E-state index in [4.69, 9.17) is 20.4 Å². The van der Waals surface area contributed by atoms with Crippen LogP contribution < -0.4 is 46.5 Å². The van der Waals surface area contributed by atoms with Crippen molar-refractivity contribution in [2.45, 2.75) is 52.8 Å². The average Bonchev–Trinajstić information content (AvgIpc) is 3.10. The van der Waals surface area contributed by atoms with Crippen molar-refractivity contribution in [3.63, 3.8) is 0 Å². The van der Waals surface area contributed by atoms with Crippen LogP contribution in [0, 0.1) is 37.8 Å². The van der Waals surface area contributed by atoms with Crippen LogP contribution in [0.3, 0.4) is 0 Å². The van der Waals surface area contributed by atoms with Gasteiger partial charge in [0.25, 0.3) is 5.69 Å². The number of halogens is 12. The summed E-state index contributed by atoms with van der Waals surface area (Å²) in [5.74, 6) is 0.389. The zero-order chi connectivity index (χ0) is 44.9. The summed E-state index contributed by atoms with van der Waals surface area (Å²) < 4.78 is 123. The molecule has 0 saturated carbocycles. The van der Waals surface area contributed by atoms with E-state index in [0.29, 0.717) is 41.2 Å². The maximum atomic E-state index is 11.9. The topological polar surface area (TPSA) is 165 Å². The van der Waals surface area contributed by atoms with E-state index in [1.165, 1.54) is 79.5 Å². The zero-order valence-corrected chi connectivity index (χ0v) is 37.2. The molecule has 0 aliphatic heterocycles. The van der Waals surface area contributed by atoms with Crippen LogP contribution in [0.5, 0.6) is 17.2 Å². The van der Waals surface area contributed by atoms with Crippen molar-refractivity contribution in [2.24, 2.45) is 0 Å². The molecule has 4 aromatic rings. The van der Waals surface area contributed by atoms with Crippen molar-refractivity contribution in [3.8, 4) is 17.2 Å². The summed E-state index contributed by atoms with van der Waals surface area (Å²) >= 11 is 5.30. The van der Waals surface area contributed by atoms with Gasteiger partial charge >= 0.3 is 69.0 Å². The molecule has 326 valence electrons. The molecule has 0 bridgehead atoms. The number of nitro groups is 1. The standard InChI is InChI=1S/C9H11F3NO2.C9H10F3NO2.C8H9F3NO2.C6H7N2O3.I3/c1-7-5-13(14-2)4-3-8(7)15-6-9(10,11)12;1-6-7(4-14)13-3-2-8(6)15-5-9(10,11)12;1-6-4-12(13)3-2-7(6)14-5-8(9,10)11;1-5-4-7(9)3-2-6(5)8(10)11;1-3-2/h3-5H,6H2,1-2H3;2-3,14H,4-5H2,1H3;2-4,13H,5H2,1H3;2-4,9H,1H3;/q+1;;2*+1;-1. The summed E-state index contributed by atoms with van der Waals surface area (Å²) in [6, 6.07) is 5.27. The van der Waals surface area contributed by atoms with Crippen molar-refractivity contribution < 1.29 is 106 Å². The van der Waals surface area contributed by atoms with Crippen molar-refractivity contribution >= 4 is 42.9 Å². The molecule has 0 saturated heterocycles. The van der Waals surface area contributed by atoms with Crippen LogP contribution in [0.2, 0.25) is 0 Å². The molecule has 0 amide bonds. The Labute approximate surface area is 354 Å². The average molecular weight is 1190 g/mol. The first-order chi connectivity index (χ1) is 26.8. The minimum absolute atomic E-state index is 0.00954. The summed E-state index contributed by atoms with van der Waals surface area (Å²) in [4.78, 5) is 18.4. The van der Waals surface area contributed by atoms with Gasteiger partial charge in [0.2, 0.25) is 37.2 Å². The molecule has 0 spiro atoms. The Morgan fingerprint density at radius 1 is 0.724 bits per heavy atom. The molecule has 26 heteroatoms. The van der Waals surface area contributed by atoms with Crippen LogP contribution in [0.4, 0.5) is 45.2 Å². The fourth-order valence-electron chi connectivity index (χ4n) is 3.73. The number of aliphatic hydroxyl groups excluding tert-OH is 1. The van der Waals surface area contributed by atoms with Crippen LogP contribution in [0.15, 0.2) is 67.6 Å². The third-order valence-electron chi connectivity index (χ3n) is 6.28. The number of aryl methyl sites for hydroxylation is 3. The van der Waals surface area contributed by atoms with E-state index < -0.39 is 43.3 Å². The molecule has 0 radical (unpaired) electrons. The van der Waals surface area contributed by atoms with E-state index in [1.807, 2.05) is 0 Å². The van der Waals surface area contributed by atoms with Gasteiger partial charge in [0.05, 0.1) is 40.0 Å². The Hall–Kier alpha value is -3.68. The summed E-state index contributed by atoms with van der Waals surface area (Å²) in [5.41, 5.74) is 2.18. The Morgan fingerprint density at radius 2 is 1.14 bits per heavy atom. The van der Waals surface area contributed by atoms with Crippen molar-refractivity contribution in [3.05, 3.63) is 106 Å². The summed E-state index contributed by atoms with van der Waals surface area (Å²) in [5, 5.41) is 36.8. The molecule has 4 rings (SSSR count). The molecule has 0 fully saturated rings. The number of aromatic nitrogens is 4. The van der Waals surface area contributed by atoms with Gasteiger partial charge in [0.1, 0.15) is 24.4 Å². The third kappa shape index (κ3) is 24.3. The first-order valence-corrected chi connectivity index (χ1v) is 28.0. The second kappa shape index (κ2) is 26.4. The number of hydrogen-bond acceptors (Lipinski definition) is 10. The van der Waals surface area contributed by atoms with Crippen molar-refractivity contribution in [1.29, 1.82) is 0 Å². The van der Waals surface area contributed by atoms with Crippen molar-refractivity contribution in [2.75, 3.05) is 26.9 Å². The minimum atomic E-state index is -4.37. The molecule has 14 nitrogen and oxygen atoms in total. The molecular weight excluding hydrogens is 1150 g/mol.